The zero-order chi connectivity index (χ0) is 14.7. The summed E-state index contributed by atoms with van der Waals surface area (Å²) < 4.78 is 1.18. The van der Waals surface area contributed by atoms with E-state index in [1.165, 1.54) is 17.8 Å². The lowest BCUT2D eigenvalue weighted by molar-refractivity contribution is -0.136. The molecule has 1 heterocycles. The van der Waals surface area contributed by atoms with Crippen LogP contribution in [0.15, 0.2) is 46.2 Å². The Morgan fingerprint density at radius 1 is 1.40 bits per heavy atom. The first kappa shape index (κ1) is 14.6. The topological polar surface area (TPSA) is 72.2 Å². The number of carboxylic acid groups (broad SMARTS) is 1. The van der Waals surface area contributed by atoms with Crippen molar-refractivity contribution >= 4 is 29.3 Å². The maximum atomic E-state index is 12.1. The predicted octanol–water partition coefficient (Wildman–Crippen LogP) is 2.45. The van der Waals surface area contributed by atoms with Crippen molar-refractivity contribution in [2.45, 2.75) is 17.1 Å². The number of carboxylic acids is 1. The highest BCUT2D eigenvalue weighted by Crippen LogP contribution is 2.27. The molecular formula is C13H11ClN2O3S. The van der Waals surface area contributed by atoms with E-state index in [0.29, 0.717) is 10.6 Å². The molecule has 0 bridgehead atoms. The number of rotatable bonds is 4. The van der Waals surface area contributed by atoms with Crippen LogP contribution < -0.4 is 5.56 Å². The first-order chi connectivity index (χ1) is 9.50. The lowest BCUT2D eigenvalue weighted by Gasteiger charge is -2.09. The molecule has 0 saturated heterocycles. The number of nitrogens with zero attached hydrogens (tertiary/aromatic N) is 2. The van der Waals surface area contributed by atoms with E-state index in [4.69, 9.17) is 16.7 Å². The molecule has 0 fully saturated rings. The molecule has 0 aliphatic rings. The summed E-state index contributed by atoms with van der Waals surface area (Å²) in [6.45, 7) is 1.52. The summed E-state index contributed by atoms with van der Waals surface area (Å²) in [5.74, 6) is -0.974. The van der Waals surface area contributed by atoms with Crippen LogP contribution in [0, 0.1) is 0 Å². The molecule has 0 unspecified atom stereocenters. The molecule has 0 aliphatic carbocycles. The average Bonchev–Trinajstić information content (AvgIpc) is 2.45. The number of aliphatic carboxylic acids is 1. The summed E-state index contributed by atoms with van der Waals surface area (Å²) in [5, 5.41) is 12.2. The highest BCUT2D eigenvalue weighted by molar-refractivity contribution is 8.00. The SMILES string of the molecule is C[C@@H](Sc1cnn(-c2ccccc2)c(=O)c1Cl)C(=O)O. The molecule has 0 saturated carbocycles. The quantitative estimate of drug-likeness (QED) is 0.878. The maximum absolute atomic E-state index is 12.1. The Balaban J connectivity index is 2.40. The number of para-hydroxylation sites is 1. The van der Waals surface area contributed by atoms with Crippen LogP contribution in [0.4, 0.5) is 0 Å². The van der Waals surface area contributed by atoms with Crippen LogP contribution in [-0.4, -0.2) is 26.1 Å². The Morgan fingerprint density at radius 2 is 2.05 bits per heavy atom. The predicted molar refractivity (Wildman–Crippen MR) is 77.8 cm³/mol. The van der Waals surface area contributed by atoms with E-state index >= 15 is 0 Å². The molecule has 1 aromatic heterocycles. The Hall–Kier alpha value is -1.79. The van der Waals surface area contributed by atoms with Gasteiger partial charge in [0.15, 0.2) is 0 Å². The Labute approximate surface area is 124 Å². The molecule has 0 amide bonds. The Bertz CT molecular complexity index is 688. The van der Waals surface area contributed by atoms with Crippen molar-refractivity contribution in [3.63, 3.8) is 0 Å². The Morgan fingerprint density at radius 3 is 2.65 bits per heavy atom. The standard InChI is InChI=1S/C13H11ClN2O3S/c1-8(13(18)19)20-10-7-15-16(12(17)11(10)14)9-5-3-2-4-6-9/h2-8H,1H3,(H,18,19)/t8-/m1/s1. The van der Waals surface area contributed by atoms with Crippen LogP contribution >= 0.6 is 23.4 Å². The molecule has 5 nitrogen and oxygen atoms in total. The number of hydrogen-bond donors (Lipinski definition) is 1. The van der Waals surface area contributed by atoms with Gasteiger partial charge in [-0.1, -0.05) is 29.8 Å². The molecule has 0 radical (unpaired) electrons. The lowest BCUT2D eigenvalue weighted by Crippen LogP contribution is -2.22. The van der Waals surface area contributed by atoms with Crippen molar-refractivity contribution in [3.05, 3.63) is 51.9 Å². The van der Waals surface area contributed by atoms with E-state index in [0.717, 1.165) is 11.8 Å². The molecule has 0 aliphatic heterocycles. The zero-order valence-electron chi connectivity index (χ0n) is 10.5. The molecule has 1 N–H and O–H groups in total. The zero-order valence-corrected chi connectivity index (χ0v) is 12.1. The van der Waals surface area contributed by atoms with E-state index in [9.17, 15) is 9.59 Å². The van der Waals surface area contributed by atoms with Gasteiger partial charge in [0.05, 0.1) is 16.8 Å². The number of thioether (sulfide) groups is 1. The third kappa shape index (κ3) is 3.02. The molecule has 20 heavy (non-hydrogen) atoms. The fraction of sp³-hybridized carbons (Fsp3) is 0.154. The second kappa shape index (κ2) is 6.11. The van der Waals surface area contributed by atoms with Gasteiger partial charge < -0.3 is 5.11 Å². The number of benzene rings is 1. The van der Waals surface area contributed by atoms with E-state index in [2.05, 4.69) is 5.10 Å². The van der Waals surface area contributed by atoms with Crippen LogP contribution in [0.25, 0.3) is 5.69 Å². The number of hydrogen-bond acceptors (Lipinski definition) is 4. The van der Waals surface area contributed by atoms with Crippen molar-refractivity contribution in [1.29, 1.82) is 0 Å². The fourth-order valence-corrected chi connectivity index (χ4v) is 2.54. The highest BCUT2D eigenvalue weighted by atomic mass is 35.5. The first-order valence-corrected chi connectivity index (χ1v) is 6.99. The van der Waals surface area contributed by atoms with Gasteiger partial charge in [0.1, 0.15) is 10.3 Å². The lowest BCUT2D eigenvalue weighted by atomic mass is 10.3. The minimum Gasteiger partial charge on any atom is -0.480 e. The molecule has 1 atom stereocenters. The molecular weight excluding hydrogens is 300 g/mol. The second-order valence-corrected chi connectivity index (χ2v) is 5.73. The molecule has 7 heteroatoms. The Kier molecular flexibility index (Phi) is 4.46. The summed E-state index contributed by atoms with van der Waals surface area (Å²) in [4.78, 5) is 23.3. The normalized spacial score (nSPS) is 12.1. The summed E-state index contributed by atoms with van der Waals surface area (Å²) in [7, 11) is 0. The van der Waals surface area contributed by atoms with Crippen molar-refractivity contribution in [1.82, 2.24) is 9.78 Å². The van der Waals surface area contributed by atoms with Crippen molar-refractivity contribution in [2.75, 3.05) is 0 Å². The van der Waals surface area contributed by atoms with Crippen LogP contribution in [-0.2, 0) is 4.79 Å². The van der Waals surface area contributed by atoms with Crippen molar-refractivity contribution in [2.24, 2.45) is 0 Å². The number of aromatic nitrogens is 2. The van der Waals surface area contributed by atoms with Gasteiger partial charge in [-0.2, -0.15) is 9.78 Å². The third-order valence-corrected chi connectivity index (χ3v) is 4.14. The van der Waals surface area contributed by atoms with Gasteiger partial charge in [-0.25, -0.2) is 0 Å². The molecule has 1 aromatic carbocycles. The van der Waals surface area contributed by atoms with Gasteiger partial charge in [-0.3, -0.25) is 9.59 Å². The first-order valence-electron chi connectivity index (χ1n) is 5.73. The second-order valence-electron chi connectivity index (χ2n) is 3.97. The van der Waals surface area contributed by atoms with E-state index < -0.39 is 16.8 Å². The van der Waals surface area contributed by atoms with E-state index in [1.54, 1.807) is 24.3 Å². The summed E-state index contributed by atoms with van der Waals surface area (Å²) in [6, 6.07) is 8.86. The average molecular weight is 311 g/mol. The molecule has 104 valence electrons. The van der Waals surface area contributed by atoms with Gasteiger partial charge in [0, 0.05) is 0 Å². The van der Waals surface area contributed by atoms with Crippen LogP contribution in [0.1, 0.15) is 6.92 Å². The van der Waals surface area contributed by atoms with Gasteiger partial charge in [0.25, 0.3) is 5.56 Å². The van der Waals surface area contributed by atoms with Gasteiger partial charge in [-0.05, 0) is 19.1 Å². The smallest absolute Gasteiger partial charge is 0.316 e. The van der Waals surface area contributed by atoms with Crippen molar-refractivity contribution in [3.8, 4) is 5.69 Å². The minimum absolute atomic E-state index is 0.0260. The molecule has 2 rings (SSSR count). The van der Waals surface area contributed by atoms with Crippen molar-refractivity contribution < 1.29 is 9.90 Å². The maximum Gasteiger partial charge on any atom is 0.316 e. The van der Waals surface area contributed by atoms with Gasteiger partial charge in [0.2, 0.25) is 0 Å². The number of carbonyl (C=O) groups is 1. The van der Waals surface area contributed by atoms with Crippen LogP contribution in [0.5, 0.6) is 0 Å². The summed E-state index contributed by atoms with van der Waals surface area (Å²) in [5.41, 5.74) is 0.127. The van der Waals surface area contributed by atoms with E-state index in [1.807, 2.05) is 6.07 Å². The molecule has 0 spiro atoms. The van der Waals surface area contributed by atoms with Gasteiger partial charge in [-0.15, -0.1) is 11.8 Å². The third-order valence-electron chi connectivity index (χ3n) is 2.54. The minimum atomic E-state index is -0.974. The monoisotopic (exact) mass is 310 g/mol. The highest BCUT2D eigenvalue weighted by Gasteiger charge is 2.17. The summed E-state index contributed by atoms with van der Waals surface area (Å²) in [6.07, 6.45) is 1.40. The fourth-order valence-electron chi connectivity index (χ4n) is 1.49. The van der Waals surface area contributed by atoms with Gasteiger partial charge >= 0.3 is 5.97 Å². The van der Waals surface area contributed by atoms with Crippen LogP contribution in [0.2, 0.25) is 5.02 Å². The summed E-state index contributed by atoms with van der Waals surface area (Å²) >= 11 is 7.00. The molecule has 2 aromatic rings. The largest absolute Gasteiger partial charge is 0.480 e. The number of halogens is 1. The van der Waals surface area contributed by atoms with Crippen LogP contribution in [0.3, 0.4) is 0 Å². The van der Waals surface area contributed by atoms with E-state index in [-0.39, 0.29) is 5.02 Å².